The van der Waals surface area contributed by atoms with Crippen LogP contribution in [-0.4, -0.2) is 14.9 Å². The molecule has 0 saturated heterocycles. The van der Waals surface area contributed by atoms with Crippen molar-refractivity contribution in [3.63, 3.8) is 0 Å². The monoisotopic (exact) mass is 239 g/mol. The minimum Gasteiger partial charge on any atom is -0.339 e. The Balaban J connectivity index is 2.21. The maximum absolute atomic E-state index is 10.3. The summed E-state index contributed by atoms with van der Waals surface area (Å²) in [5, 5.41) is 12.3. The number of fused-ring (bicyclic) bond motifs is 3. The van der Waals surface area contributed by atoms with E-state index in [0.29, 0.717) is 0 Å². The molecule has 3 rings (SSSR count). The number of nitrogens with zero attached hydrogens (tertiary/aromatic N) is 2. The molecular formula is C13H9N3O2. The summed E-state index contributed by atoms with van der Waals surface area (Å²) in [5.41, 5.74) is 2.59. The largest absolute Gasteiger partial charge is 0.339 e. The second kappa shape index (κ2) is 3.96. The van der Waals surface area contributed by atoms with Crippen molar-refractivity contribution in [2.24, 2.45) is 0 Å². The predicted molar refractivity (Wildman–Crippen MR) is 69.6 cm³/mol. The summed E-state index contributed by atoms with van der Waals surface area (Å²) in [5.74, 6) is 0. The molecule has 0 fully saturated rings. The van der Waals surface area contributed by atoms with E-state index in [9.17, 15) is 10.1 Å². The highest BCUT2D eigenvalue weighted by Gasteiger charge is 2.04. The highest BCUT2D eigenvalue weighted by atomic mass is 16.6. The Morgan fingerprint density at radius 3 is 3.00 bits per heavy atom. The normalized spacial score (nSPS) is 11.6. The minimum atomic E-state index is -0.471. The first-order valence-corrected chi connectivity index (χ1v) is 5.42. The highest BCUT2D eigenvalue weighted by Crippen LogP contribution is 2.25. The predicted octanol–water partition coefficient (Wildman–Crippen LogP) is 2.96. The van der Waals surface area contributed by atoms with E-state index in [2.05, 4.69) is 9.97 Å². The summed E-state index contributed by atoms with van der Waals surface area (Å²) in [7, 11) is 0. The maximum atomic E-state index is 10.3. The first kappa shape index (κ1) is 10.5. The van der Waals surface area contributed by atoms with Crippen LogP contribution >= 0.6 is 0 Å². The molecule has 0 aliphatic heterocycles. The molecule has 3 aromatic rings. The average molecular weight is 239 g/mol. The van der Waals surface area contributed by atoms with E-state index in [1.807, 2.05) is 30.3 Å². The molecule has 0 aliphatic carbocycles. The Kier molecular flexibility index (Phi) is 2.30. The Bertz CT molecular complexity index is 774. The van der Waals surface area contributed by atoms with Crippen LogP contribution in [0.4, 0.5) is 0 Å². The SMILES string of the molecule is O=[N+]([O-])/C=C/c1ccc2[nH]c3ncccc3c2c1. The number of H-pyrrole nitrogens is 1. The molecule has 0 unspecified atom stereocenters. The molecule has 0 saturated carbocycles. The van der Waals surface area contributed by atoms with Crippen LogP contribution in [0.5, 0.6) is 0 Å². The molecule has 18 heavy (non-hydrogen) atoms. The molecular weight excluding hydrogens is 230 g/mol. The second-order valence-corrected chi connectivity index (χ2v) is 3.93. The highest BCUT2D eigenvalue weighted by molar-refractivity contribution is 6.06. The first-order chi connectivity index (χ1) is 8.74. The number of hydrogen-bond donors (Lipinski definition) is 1. The van der Waals surface area contributed by atoms with E-state index in [4.69, 9.17) is 0 Å². The molecule has 5 heteroatoms. The van der Waals surface area contributed by atoms with Crippen molar-refractivity contribution < 1.29 is 4.92 Å². The number of benzene rings is 1. The molecule has 0 amide bonds. The molecule has 0 aliphatic rings. The number of nitro groups is 1. The van der Waals surface area contributed by atoms with Gasteiger partial charge in [-0.1, -0.05) is 6.07 Å². The average Bonchev–Trinajstić information content (AvgIpc) is 2.74. The topological polar surface area (TPSA) is 71.8 Å². The van der Waals surface area contributed by atoms with E-state index in [-0.39, 0.29) is 0 Å². The lowest BCUT2D eigenvalue weighted by molar-refractivity contribution is -0.400. The van der Waals surface area contributed by atoms with Gasteiger partial charge in [-0.25, -0.2) is 4.98 Å². The molecule has 0 spiro atoms. The molecule has 0 bridgehead atoms. The summed E-state index contributed by atoms with van der Waals surface area (Å²) in [4.78, 5) is 17.3. The minimum absolute atomic E-state index is 0.471. The lowest BCUT2D eigenvalue weighted by atomic mass is 10.1. The first-order valence-electron chi connectivity index (χ1n) is 5.42. The smallest absolute Gasteiger partial charge is 0.235 e. The maximum Gasteiger partial charge on any atom is 0.235 e. The van der Waals surface area contributed by atoms with Crippen molar-refractivity contribution in [2.75, 3.05) is 0 Å². The van der Waals surface area contributed by atoms with Gasteiger partial charge in [0.25, 0.3) is 0 Å². The van der Waals surface area contributed by atoms with Crippen molar-refractivity contribution in [1.82, 2.24) is 9.97 Å². The third kappa shape index (κ3) is 1.71. The van der Waals surface area contributed by atoms with Gasteiger partial charge in [0.15, 0.2) is 0 Å². The molecule has 5 nitrogen and oxygen atoms in total. The number of rotatable bonds is 2. The lowest BCUT2D eigenvalue weighted by Crippen LogP contribution is -1.82. The number of aromatic amines is 1. The summed E-state index contributed by atoms with van der Waals surface area (Å²) in [6.07, 6.45) is 4.15. The third-order valence-corrected chi connectivity index (χ3v) is 2.78. The van der Waals surface area contributed by atoms with Crippen molar-refractivity contribution in [3.8, 4) is 0 Å². The van der Waals surface area contributed by atoms with Crippen LogP contribution in [0, 0.1) is 10.1 Å². The quantitative estimate of drug-likeness (QED) is 0.552. The number of hydrogen-bond acceptors (Lipinski definition) is 3. The van der Waals surface area contributed by atoms with E-state index >= 15 is 0 Å². The molecule has 1 N–H and O–H groups in total. The van der Waals surface area contributed by atoms with E-state index in [1.165, 1.54) is 6.08 Å². The van der Waals surface area contributed by atoms with Crippen molar-refractivity contribution in [1.29, 1.82) is 0 Å². The van der Waals surface area contributed by atoms with Gasteiger partial charge in [0.05, 0.1) is 4.92 Å². The molecule has 88 valence electrons. The Labute approximate surface area is 102 Å². The Morgan fingerprint density at radius 1 is 1.28 bits per heavy atom. The molecule has 1 aromatic carbocycles. The number of nitrogens with one attached hydrogen (secondary N) is 1. The fraction of sp³-hybridized carbons (Fsp3) is 0. The van der Waals surface area contributed by atoms with Gasteiger partial charge < -0.3 is 4.98 Å². The summed E-state index contributed by atoms with van der Waals surface area (Å²) in [6, 6.07) is 9.49. The number of pyridine rings is 1. The molecule has 2 aromatic heterocycles. The van der Waals surface area contributed by atoms with Gasteiger partial charge in [0.1, 0.15) is 5.65 Å². The van der Waals surface area contributed by atoms with Crippen LogP contribution in [0.2, 0.25) is 0 Å². The molecule has 0 radical (unpaired) electrons. The van der Waals surface area contributed by atoms with E-state index in [1.54, 1.807) is 6.20 Å². The van der Waals surface area contributed by atoms with Crippen molar-refractivity contribution in [2.45, 2.75) is 0 Å². The second-order valence-electron chi connectivity index (χ2n) is 3.93. The Morgan fingerprint density at radius 2 is 2.17 bits per heavy atom. The zero-order valence-electron chi connectivity index (χ0n) is 9.33. The summed E-state index contributed by atoms with van der Waals surface area (Å²) in [6.45, 7) is 0. The number of aromatic nitrogens is 2. The van der Waals surface area contributed by atoms with Crippen LogP contribution in [0.25, 0.3) is 28.0 Å². The van der Waals surface area contributed by atoms with Crippen molar-refractivity contribution in [3.05, 3.63) is 58.4 Å². The van der Waals surface area contributed by atoms with Gasteiger partial charge in [-0.05, 0) is 29.8 Å². The zero-order chi connectivity index (χ0) is 12.5. The van der Waals surface area contributed by atoms with Gasteiger partial charge in [0, 0.05) is 28.6 Å². The third-order valence-electron chi connectivity index (χ3n) is 2.78. The van der Waals surface area contributed by atoms with Gasteiger partial charge in [-0.2, -0.15) is 0 Å². The van der Waals surface area contributed by atoms with Crippen LogP contribution in [0.1, 0.15) is 5.56 Å². The molecule has 2 heterocycles. The summed E-state index contributed by atoms with van der Waals surface area (Å²) >= 11 is 0. The fourth-order valence-corrected chi connectivity index (χ4v) is 1.99. The van der Waals surface area contributed by atoms with Crippen LogP contribution in [-0.2, 0) is 0 Å². The van der Waals surface area contributed by atoms with E-state index < -0.39 is 4.92 Å². The van der Waals surface area contributed by atoms with Gasteiger partial charge in [-0.3, -0.25) is 10.1 Å². The van der Waals surface area contributed by atoms with Crippen LogP contribution < -0.4 is 0 Å². The standard InChI is InChI=1S/C13H9N3O2/c17-16(18)7-5-9-3-4-12-11(8-9)10-2-1-6-14-13(10)15-12/h1-8H,(H,14,15)/b7-5+. The van der Waals surface area contributed by atoms with Gasteiger partial charge >= 0.3 is 0 Å². The van der Waals surface area contributed by atoms with Crippen LogP contribution in [0.3, 0.4) is 0 Å². The lowest BCUT2D eigenvalue weighted by Gasteiger charge is -1.93. The Hall–Kier alpha value is -2.69. The summed E-state index contributed by atoms with van der Waals surface area (Å²) < 4.78 is 0. The van der Waals surface area contributed by atoms with Crippen molar-refractivity contribution >= 4 is 28.0 Å². The fourth-order valence-electron chi connectivity index (χ4n) is 1.99. The van der Waals surface area contributed by atoms with Gasteiger partial charge in [-0.15, -0.1) is 0 Å². The molecule has 0 atom stereocenters. The van der Waals surface area contributed by atoms with Crippen LogP contribution in [0.15, 0.2) is 42.7 Å². The van der Waals surface area contributed by atoms with Gasteiger partial charge in [0.2, 0.25) is 6.20 Å². The van der Waals surface area contributed by atoms with E-state index in [0.717, 1.165) is 33.7 Å². The zero-order valence-corrected chi connectivity index (χ0v) is 9.33.